The second-order valence-electron chi connectivity index (χ2n) is 6.43. The van der Waals surface area contributed by atoms with Crippen molar-refractivity contribution in [3.05, 3.63) is 12.2 Å². The molecule has 6 nitrogen and oxygen atoms in total. The van der Waals surface area contributed by atoms with Crippen LogP contribution in [0.5, 0.6) is 0 Å². The molecular weight excluding hydrogens is 252 g/mol. The molecule has 0 bridgehead atoms. The smallest absolute Gasteiger partial charge is 0.191 e. The van der Waals surface area contributed by atoms with Gasteiger partial charge in [-0.15, -0.1) is 10.2 Å². The molecule has 1 heterocycles. The Morgan fingerprint density at radius 2 is 2.15 bits per heavy atom. The zero-order valence-corrected chi connectivity index (χ0v) is 13.6. The van der Waals surface area contributed by atoms with Crippen molar-refractivity contribution in [2.45, 2.75) is 53.1 Å². The van der Waals surface area contributed by atoms with Gasteiger partial charge in [0.05, 0.1) is 6.54 Å². The Morgan fingerprint density at radius 1 is 1.45 bits per heavy atom. The van der Waals surface area contributed by atoms with Crippen LogP contribution >= 0.6 is 0 Å². The lowest BCUT2D eigenvalue weighted by molar-refractivity contribution is 0.346. The Balaban J connectivity index is 2.38. The van der Waals surface area contributed by atoms with Gasteiger partial charge in [0.15, 0.2) is 11.8 Å². The molecule has 0 fully saturated rings. The van der Waals surface area contributed by atoms with E-state index in [0.29, 0.717) is 18.0 Å². The Bertz CT molecular complexity index is 429. The average Bonchev–Trinajstić information content (AvgIpc) is 2.77. The molecule has 0 aliphatic heterocycles. The standard InChI is InChI=1S/C14H28N6/c1-11(7-8-14(2,3)4)18-13(15-5)16-9-12-19-17-10-20(12)6/h10-11H,7-9H2,1-6H3,(H2,15,16,18). The fraction of sp³-hybridized carbons (Fsp3) is 0.786. The van der Waals surface area contributed by atoms with Gasteiger partial charge < -0.3 is 15.2 Å². The van der Waals surface area contributed by atoms with Gasteiger partial charge in [0.1, 0.15) is 6.33 Å². The summed E-state index contributed by atoms with van der Waals surface area (Å²) in [5.74, 6) is 1.68. The first kappa shape index (κ1) is 16.5. The van der Waals surface area contributed by atoms with Gasteiger partial charge in [-0.05, 0) is 25.2 Å². The highest BCUT2D eigenvalue weighted by Gasteiger charge is 2.13. The predicted octanol–water partition coefficient (Wildman–Crippen LogP) is 1.69. The Kier molecular flexibility index (Phi) is 5.98. The highest BCUT2D eigenvalue weighted by Crippen LogP contribution is 2.21. The van der Waals surface area contributed by atoms with Gasteiger partial charge in [-0.1, -0.05) is 20.8 Å². The van der Waals surface area contributed by atoms with Gasteiger partial charge in [0.2, 0.25) is 0 Å². The van der Waals surface area contributed by atoms with Crippen LogP contribution in [0.3, 0.4) is 0 Å². The Hall–Kier alpha value is -1.59. The van der Waals surface area contributed by atoms with E-state index in [1.54, 1.807) is 13.4 Å². The van der Waals surface area contributed by atoms with Crippen LogP contribution in [0.15, 0.2) is 11.3 Å². The second-order valence-corrected chi connectivity index (χ2v) is 6.43. The minimum absolute atomic E-state index is 0.367. The summed E-state index contributed by atoms with van der Waals surface area (Å²) in [6.45, 7) is 9.59. The topological polar surface area (TPSA) is 67.1 Å². The molecule has 0 radical (unpaired) electrons. The van der Waals surface area contributed by atoms with Crippen LogP contribution in [0.4, 0.5) is 0 Å². The summed E-state index contributed by atoms with van der Waals surface area (Å²) in [5, 5.41) is 14.6. The van der Waals surface area contributed by atoms with E-state index in [0.717, 1.165) is 18.2 Å². The lowest BCUT2D eigenvalue weighted by atomic mass is 9.89. The molecule has 114 valence electrons. The molecule has 0 aliphatic carbocycles. The summed E-state index contributed by atoms with van der Waals surface area (Å²) in [7, 11) is 3.71. The molecule has 20 heavy (non-hydrogen) atoms. The summed E-state index contributed by atoms with van der Waals surface area (Å²) in [5.41, 5.74) is 0.367. The summed E-state index contributed by atoms with van der Waals surface area (Å²) in [4.78, 5) is 4.24. The number of guanidine groups is 1. The van der Waals surface area contributed by atoms with Crippen molar-refractivity contribution in [1.82, 2.24) is 25.4 Å². The van der Waals surface area contributed by atoms with Gasteiger partial charge in [0.25, 0.3) is 0 Å². The van der Waals surface area contributed by atoms with E-state index in [1.165, 1.54) is 6.42 Å². The molecule has 0 aromatic carbocycles. The van der Waals surface area contributed by atoms with Crippen molar-refractivity contribution in [3.63, 3.8) is 0 Å². The second kappa shape index (κ2) is 7.26. The number of nitrogens with zero attached hydrogens (tertiary/aromatic N) is 4. The first-order chi connectivity index (χ1) is 9.31. The third-order valence-electron chi connectivity index (χ3n) is 3.15. The third kappa shape index (κ3) is 6.04. The number of rotatable bonds is 5. The average molecular weight is 280 g/mol. The molecule has 1 rings (SSSR count). The minimum atomic E-state index is 0.367. The summed E-state index contributed by atoms with van der Waals surface area (Å²) in [6.07, 6.45) is 3.99. The SMILES string of the molecule is CN=C(NCc1nncn1C)NC(C)CCC(C)(C)C. The molecule has 1 atom stereocenters. The van der Waals surface area contributed by atoms with Crippen LogP contribution in [0.25, 0.3) is 0 Å². The van der Waals surface area contributed by atoms with E-state index < -0.39 is 0 Å². The van der Waals surface area contributed by atoms with Crippen molar-refractivity contribution < 1.29 is 0 Å². The van der Waals surface area contributed by atoms with Crippen molar-refractivity contribution in [2.75, 3.05) is 7.05 Å². The fourth-order valence-corrected chi connectivity index (χ4v) is 1.78. The van der Waals surface area contributed by atoms with Crippen LogP contribution in [-0.4, -0.2) is 33.8 Å². The first-order valence-corrected chi connectivity index (χ1v) is 7.12. The van der Waals surface area contributed by atoms with E-state index in [-0.39, 0.29) is 0 Å². The highest BCUT2D eigenvalue weighted by molar-refractivity contribution is 5.79. The summed E-state index contributed by atoms with van der Waals surface area (Å²) >= 11 is 0. The molecule has 6 heteroatoms. The normalized spacial score (nSPS) is 14.2. The van der Waals surface area contributed by atoms with Crippen LogP contribution in [-0.2, 0) is 13.6 Å². The zero-order chi connectivity index (χ0) is 15.2. The zero-order valence-electron chi connectivity index (χ0n) is 13.6. The molecule has 0 amide bonds. The number of nitrogens with one attached hydrogen (secondary N) is 2. The van der Waals surface area contributed by atoms with Crippen molar-refractivity contribution >= 4 is 5.96 Å². The number of aliphatic imine (C=N–C) groups is 1. The largest absolute Gasteiger partial charge is 0.354 e. The molecule has 0 spiro atoms. The number of hydrogen-bond acceptors (Lipinski definition) is 3. The fourth-order valence-electron chi connectivity index (χ4n) is 1.78. The highest BCUT2D eigenvalue weighted by atomic mass is 15.3. The van der Waals surface area contributed by atoms with Crippen LogP contribution in [0, 0.1) is 5.41 Å². The molecule has 2 N–H and O–H groups in total. The van der Waals surface area contributed by atoms with Gasteiger partial charge in [0, 0.05) is 20.1 Å². The van der Waals surface area contributed by atoms with Crippen molar-refractivity contribution in [2.24, 2.45) is 17.5 Å². The quantitative estimate of drug-likeness (QED) is 0.636. The predicted molar refractivity (Wildman–Crippen MR) is 82.5 cm³/mol. The Morgan fingerprint density at radius 3 is 2.65 bits per heavy atom. The molecule has 1 aromatic rings. The maximum absolute atomic E-state index is 4.24. The van der Waals surface area contributed by atoms with Gasteiger partial charge in [-0.3, -0.25) is 4.99 Å². The number of aromatic nitrogens is 3. The molecule has 0 aliphatic rings. The molecule has 1 aromatic heterocycles. The van der Waals surface area contributed by atoms with E-state index in [1.807, 2.05) is 11.6 Å². The maximum Gasteiger partial charge on any atom is 0.191 e. The van der Waals surface area contributed by atoms with E-state index in [2.05, 4.69) is 53.5 Å². The number of aryl methyl sites for hydroxylation is 1. The maximum atomic E-state index is 4.24. The first-order valence-electron chi connectivity index (χ1n) is 7.12. The monoisotopic (exact) mass is 280 g/mol. The van der Waals surface area contributed by atoms with E-state index in [9.17, 15) is 0 Å². The lowest BCUT2D eigenvalue weighted by Gasteiger charge is -2.23. The molecular formula is C14H28N6. The van der Waals surface area contributed by atoms with Gasteiger partial charge in [-0.2, -0.15) is 0 Å². The summed E-state index contributed by atoms with van der Waals surface area (Å²) in [6, 6.07) is 0.389. The molecule has 1 unspecified atom stereocenters. The van der Waals surface area contributed by atoms with Crippen LogP contribution in [0.1, 0.15) is 46.4 Å². The molecule has 0 saturated carbocycles. The lowest BCUT2D eigenvalue weighted by Crippen LogP contribution is -2.42. The van der Waals surface area contributed by atoms with Gasteiger partial charge in [-0.25, -0.2) is 0 Å². The van der Waals surface area contributed by atoms with Crippen molar-refractivity contribution in [3.8, 4) is 0 Å². The van der Waals surface area contributed by atoms with E-state index >= 15 is 0 Å². The number of hydrogen-bond donors (Lipinski definition) is 2. The molecule has 0 saturated heterocycles. The summed E-state index contributed by atoms with van der Waals surface area (Å²) < 4.78 is 1.89. The van der Waals surface area contributed by atoms with E-state index in [4.69, 9.17) is 0 Å². The third-order valence-corrected chi connectivity index (χ3v) is 3.15. The van der Waals surface area contributed by atoms with Gasteiger partial charge >= 0.3 is 0 Å². The van der Waals surface area contributed by atoms with Crippen LogP contribution < -0.4 is 10.6 Å². The Labute approximate surface area is 122 Å². The van der Waals surface area contributed by atoms with Crippen LogP contribution in [0.2, 0.25) is 0 Å². The van der Waals surface area contributed by atoms with Crippen molar-refractivity contribution in [1.29, 1.82) is 0 Å². The minimum Gasteiger partial charge on any atom is -0.354 e.